The van der Waals surface area contributed by atoms with E-state index in [-0.39, 0.29) is 0 Å². The van der Waals surface area contributed by atoms with Crippen LogP contribution in [0.3, 0.4) is 0 Å². The number of hydrogen-bond donors (Lipinski definition) is 1. The summed E-state index contributed by atoms with van der Waals surface area (Å²) in [4.78, 5) is 1.22. The van der Waals surface area contributed by atoms with Gasteiger partial charge < -0.3 is 5.73 Å². The smallest absolute Gasteiger partial charge is 0.105 e. The Morgan fingerprint density at radius 1 is 1.57 bits per heavy atom. The summed E-state index contributed by atoms with van der Waals surface area (Å²) in [6.07, 6.45) is 2.93. The van der Waals surface area contributed by atoms with E-state index in [1.165, 1.54) is 10.4 Å². The zero-order chi connectivity index (χ0) is 9.97. The van der Waals surface area contributed by atoms with Gasteiger partial charge in [-0.25, -0.2) is 0 Å². The Morgan fingerprint density at radius 2 is 2.43 bits per heavy atom. The minimum atomic E-state index is 0.671. The zero-order valence-electron chi connectivity index (χ0n) is 8.10. The van der Waals surface area contributed by atoms with Gasteiger partial charge in [-0.2, -0.15) is 5.10 Å². The molecule has 74 valence electrons. The summed E-state index contributed by atoms with van der Waals surface area (Å²) in [7, 11) is 1.94. The Bertz CT molecular complexity index is 403. The number of hydrogen-bond acceptors (Lipinski definition) is 3. The minimum absolute atomic E-state index is 0.671. The van der Waals surface area contributed by atoms with Gasteiger partial charge in [0.1, 0.15) is 5.69 Å². The molecule has 2 aromatic rings. The molecule has 0 fully saturated rings. The predicted octanol–water partition coefficient (Wildman–Crippen LogP) is 1.65. The van der Waals surface area contributed by atoms with E-state index in [1.54, 1.807) is 11.3 Å². The number of nitrogens with two attached hydrogens (primary N) is 1. The van der Waals surface area contributed by atoms with E-state index in [9.17, 15) is 0 Å². The molecule has 0 aromatic carbocycles. The second-order valence-electron chi connectivity index (χ2n) is 3.19. The van der Waals surface area contributed by atoms with Gasteiger partial charge in [0, 0.05) is 18.8 Å². The molecule has 0 spiro atoms. The first kappa shape index (κ1) is 9.43. The first-order valence-electron chi connectivity index (χ1n) is 4.57. The average molecular weight is 207 g/mol. The van der Waals surface area contributed by atoms with Crippen molar-refractivity contribution in [2.45, 2.75) is 6.42 Å². The van der Waals surface area contributed by atoms with E-state index in [0.29, 0.717) is 6.54 Å². The van der Waals surface area contributed by atoms with Gasteiger partial charge in [-0.3, -0.25) is 4.68 Å². The zero-order valence-corrected chi connectivity index (χ0v) is 8.92. The molecular weight excluding hydrogens is 194 g/mol. The lowest BCUT2D eigenvalue weighted by atomic mass is 10.1. The van der Waals surface area contributed by atoms with E-state index < -0.39 is 0 Å². The van der Waals surface area contributed by atoms with Crippen molar-refractivity contribution in [3.63, 3.8) is 0 Å². The molecule has 0 bridgehead atoms. The summed E-state index contributed by atoms with van der Waals surface area (Å²) in [5, 5.41) is 6.51. The number of aryl methyl sites for hydroxylation is 1. The fourth-order valence-electron chi connectivity index (χ4n) is 1.50. The highest BCUT2D eigenvalue weighted by molar-refractivity contribution is 7.13. The van der Waals surface area contributed by atoms with Crippen LogP contribution in [0.15, 0.2) is 23.7 Å². The van der Waals surface area contributed by atoms with Crippen molar-refractivity contribution in [2.75, 3.05) is 6.54 Å². The molecule has 0 aliphatic carbocycles. The van der Waals surface area contributed by atoms with Crippen molar-refractivity contribution >= 4 is 11.3 Å². The molecule has 0 unspecified atom stereocenters. The number of aromatic nitrogens is 2. The molecule has 4 heteroatoms. The van der Waals surface area contributed by atoms with Gasteiger partial charge in [-0.15, -0.1) is 11.3 Å². The first-order chi connectivity index (χ1) is 6.81. The Kier molecular flexibility index (Phi) is 2.65. The third-order valence-corrected chi connectivity index (χ3v) is 2.95. The van der Waals surface area contributed by atoms with E-state index in [4.69, 9.17) is 5.73 Å². The van der Waals surface area contributed by atoms with Crippen molar-refractivity contribution < 1.29 is 0 Å². The van der Waals surface area contributed by atoms with Crippen LogP contribution in [0.2, 0.25) is 0 Å². The maximum absolute atomic E-state index is 5.56. The maximum atomic E-state index is 5.56. The minimum Gasteiger partial charge on any atom is -0.330 e. The highest BCUT2D eigenvalue weighted by atomic mass is 32.1. The van der Waals surface area contributed by atoms with Crippen LogP contribution in [0.25, 0.3) is 10.6 Å². The lowest BCUT2D eigenvalue weighted by Gasteiger charge is -1.96. The molecular formula is C10H13N3S. The standard InChI is InChI=1S/C10H13N3S/c1-13-7-8(4-5-11)10(12-13)9-3-2-6-14-9/h2-3,6-7H,4-5,11H2,1H3. The third-order valence-electron chi connectivity index (χ3n) is 2.07. The molecule has 2 rings (SSSR count). The van der Waals surface area contributed by atoms with Crippen LogP contribution in [0, 0.1) is 0 Å². The lowest BCUT2D eigenvalue weighted by Crippen LogP contribution is -2.02. The van der Waals surface area contributed by atoms with Crippen LogP contribution >= 0.6 is 11.3 Å². The van der Waals surface area contributed by atoms with Crippen LogP contribution in [0.5, 0.6) is 0 Å². The highest BCUT2D eigenvalue weighted by Crippen LogP contribution is 2.26. The predicted molar refractivity (Wildman–Crippen MR) is 59.3 cm³/mol. The van der Waals surface area contributed by atoms with Gasteiger partial charge in [-0.05, 0) is 24.4 Å². The molecule has 0 atom stereocenters. The molecule has 14 heavy (non-hydrogen) atoms. The molecule has 2 N–H and O–H groups in total. The summed E-state index contributed by atoms with van der Waals surface area (Å²) in [6, 6.07) is 4.13. The Hall–Kier alpha value is -1.13. The van der Waals surface area contributed by atoms with E-state index in [1.807, 2.05) is 24.0 Å². The van der Waals surface area contributed by atoms with Crippen LogP contribution in [-0.4, -0.2) is 16.3 Å². The molecule has 0 amide bonds. The normalized spacial score (nSPS) is 10.7. The van der Waals surface area contributed by atoms with Crippen LogP contribution in [0.1, 0.15) is 5.56 Å². The van der Waals surface area contributed by atoms with Gasteiger partial charge in [0.25, 0.3) is 0 Å². The highest BCUT2D eigenvalue weighted by Gasteiger charge is 2.09. The number of rotatable bonds is 3. The van der Waals surface area contributed by atoms with Gasteiger partial charge in [0.15, 0.2) is 0 Å². The summed E-state index contributed by atoms with van der Waals surface area (Å²) >= 11 is 1.71. The van der Waals surface area contributed by atoms with Gasteiger partial charge in [0.05, 0.1) is 4.88 Å². The summed E-state index contributed by atoms with van der Waals surface area (Å²) in [6.45, 7) is 0.671. The number of nitrogens with zero attached hydrogens (tertiary/aromatic N) is 2. The molecule has 2 aromatic heterocycles. The quantitative estimate of drug-likeness (QED) is 0.831. The molecule has 2 heterocycles. The molecule has 0 radical (unpaired) electrons. The Balaban J connectivity index is 2.41. The molecule has 0 aliphatic heterocycles. The van der Waals surface area contributed by atoms with Crippen molar-refractivity contribution in [1.82, 2.24) is 9.78 Å². The summed E-state index contributed by atoms with van der Waals surface area (Å²) in [5.74, 6) is 0. The van der Waals surface area contributed by atoms with Crippen molar-refractivity contribution in [1.29, 1.82) is 0 Å². The van der Waals surface area contributed by atoms with E-state index in [2.05, 4.69) is 16.5 Å². The van der Waals surface area contributed by atoms with Crippen LogP contribution in [-0.2, 0) is 13.5 Å². The number of thiophene rings is 1. The van der Waals surface area contributed by atoms with Gasteiger partial charge >= 0.3 is 0 Å². The van der Waals surface area contributed by atoms with Crippen LogP contribution in [0.4, 0.5) is 0 Å². The van der Waals surface area contributed by atoms with Gasteiger partial charge in [-0.1, -0.05) is 6.07 Å². The first-order valence-corrected chi connectivity index (χ1v) is 5.45. The van der Waals surface area contributed by atoms with Crippen molar-refractivity contribution in [2.24, 2.45) is 12.8 Å². The van der Waals surface area contributed by atoms with E-state index in [0.717, 1.165) is 12.1 Å². The Morgan fingerprint density at radius 3 is 3.07 bits per heavy atom. The topological polar surface area (TPSA) is 43.8 Å². The second-order valence-corrected chi connectivity index (χ2v) is 4.14. The summed E-state index contributed by atoms with van der Waals surface area (Å²) < 4.78 is 1.85. The second kappa shape index (κ2) is 3.94. The lowest BCUT2D eigenvalue weighted by molar-refractivity contribution is 0.770. The van der Waals surface area contributed by atoms with Crippen molar-refractivity contribution in [3.8, 4) is 10.6 Å². The van der Waals surface area contributed by atoms with Crippen molar-refractivity contribution in [3.05, 3.63) is 29.3 Å². The maximum Gasteiger partial charge on any atom is 0.105 e. The molecule has 0 saturated heterocycles. The monoisotopic (exact) mass is 207 g/mol. The molecule has 0 saturated carbocycles. The van der Waals surface area contributed by atoms with Crippen LogP contribution < -0.4 is 5.73 Å². The fourth-order valence-corrected chi connectivity index (χ4v) is 2.24. The summed E-state index contributed by atoms with van der Waals surface area (Å²) in [5.41, 5.74) is 7.87. The van der Waals surface area contributed by atoms with E-state index >= 15 is 0 Å². The third kappa shape index (κ3) is 1.71. The molecule has 3 nitrogen and oxygen atoms in total. The molecule has 0 aliphatic rings. The Labute approximate surface area is 87.2 Å². The average Bonchev–Trinajstić information content (AvgIpc) is 2.74. The largest absolute Gasteiger partial charge is 0.330 e. The fraction of sp³-hybridized carbons (Fsp3) is 0.300. The SMILES string of the molecule is Cn1cc(CCN)c(-c2cccs2)n1. The van der Waals surface area contributed by atoms with Gasteiger partial charge in [0.2, 0.25) is 0 Å².